The molecular weight excluding hydrogens is 262 g/mol. The number of nitrogens with one attached hydrogen (secondary N) is 1. The highest BCUT2D eigenvalue weighted by Gasteiger charge is 2.37. The third kappa shape index (κ3) is 2.52. The Labute approximate surface area is 115 Å². The van der Waals surface area contributed by atoms with Crippen LogP contribution in [0.4, 0.5) is 0 Å². The van der Waals surface area contributed by atoms with Crippen LogP contribution in [0.2, 0.25) is 0 Å². The van der Waals surface area contributed by atoms with Gasteiger partial charge in [0.1, 0.15) is 11.7 Å². The van der Waals surface area contributed by atoms with E-state index in [1.54, 1.807) is 0 Å². The van der Waals surface area contributed by atoms with Gasteiger partial charge in [0.25, 0.3) is 5.91 Å². The monoisotopic (exact) mass is 279 g/mol. The third-order valence-corrected chi connectivity index (χ3v) is 3.65. The quantitative estimate of drug-likeness (QED) is 0.744. The average Bonchev–Trinajstić information content (AvgIpc) is 2.86. The van der Waals surface area contributed by atoms with Gasteiger partial charge in [-0.15, -0.1) is 0 Å². The van der Waals surface area contributed by atoms with Crippen LogP contribution in [0.25, 0.3) is 0 Å². The molecule has 2 amide bonds. The van der Waals surface area contributed by atoms with Gasteiger partial charge in [0.2, 0.25) is 5.91 Å². The number of rotatable bonds is 3. The minimum atomic E-state index is -1.01. The van der Waals surface area contributed by atoms with Gasteiger partial charge in [-0.25, -0.2) is 4.79 Å². The Morgan fingerprint density at radius 2 is 2.15 bits per heavy atom. The maximum absolute atomic E-state index is 12.4. The molecule has 2 rings (SSSR count). The number of primary amides is 1. The summed E-state index contributed by atoms with van der Waals surface area (Å²) in [6, 6.07) is 0.514. The van der Waals surface area contributed by atoms with Crippen molar-refractivity contribution in [2.24, 2.45) is 11.7 Å². The largest absolute Gasteiger partial charge is 0.480 e. The van der Waals surface area contributed by atoms with Crippen LogP contribution in [-0.4, -0.2) is 45.4 Å². The molecule has 2 unspecified atom stereocenters. The Kier molecular flexibility index (Phi) is 3.78. The van der Waals surface area contributed by atoms with E-state index in [0.29, 0.717) is 6.54 Å². The molecule has 0 bridgehead atoms. The number of amides is 2. The van der Waals surface area contributed by atoms with Gasteiger partial charge in [-0.3, -0.25) is 9.59 Å². The summed E-state index contributed by atoms with van der Waals surface area (Å²) < 4.78 is 0. The van der Waals surface area contributed by atoms with E-state index < -0.39 is 23.8 Å². The predicted octanol–water partition coefficient (Wildman–Crippen LogP) is 0.439. The number of piperidine rings is 1. The van der Waals surface area contributed by atoms with Crippen molar-refractivity contribution in [2.75, 3.05) is 6.54 Å². The number of hydrogen-bond donors (Lipinski definition) is 3. The Morgan fingerprint density at radius 1 is 1.45 bits per heavy atom. The number of carboxylic acid groups (broad SMARTS) is 1. The second-order valence-corrected chi connectivity index (χ2v) is 5.07. The van der Waals surface area contributed by atoms with Gasteiger partial charge in [0.05, 0.1) is 5.56 Å². The van der Waals surface area contributed by atoms with Crippen molar-refractivity contribution in [1.29, 1.82) is 0 Å². The number of carbonyl (C=O) groups is 3. The molecule has 7 heteroatoms. The smallest absolute Gasteiger partial charge is 0.326 e. The summed E-state index contributed by atoms with van der Waals surface area (Å²) in [4.78, 5) is 38.8. The molecule has 2 heterocycles. The minimum absolute atomic E-state index is 0.101. The summed E-state index contributed by atoms with van der Waals surface area (Å²) in [6.07, 6.45) is 2.89. The van der Waals surface area contributed by atoms with Crippen molar-refractivity contribution in [1.82, 2.24) is 9.88 Å². The van der Waals surface area contributed by atoms with Crippen LogP contribution in [0.3, 0.4) is 0 Å². The van der Waals surface area contributed by atoms with Crippen LogP contribution in [-0.2, 0) is 4.79 Å². The summed E-state index contributed by atoms with van der Waals surface area (Å²) >= 11 is 0. The van der Waals surface area contributed by atoms with Gasteiger partial charge in [0, 0.05) is 12.7 Å². The van der Waals surface area contributed by atoms with Crippen LogP contribution in [0.15, 0.2) is 12.3 Å². The highest BCUT2D eigenvalue weighted by atomic mass is 16.4. The molecule has 1 aromatic rings. The summed E-state index contributed by atoms with van der Waals surface area (Å²) in [6.45, 7) is 2.22. The third-order valence-electron chi connectivity index (χ3n) is 3.65. The zero-order valence-corrected chi connectivity index (χ0v) is 11.1. The van der Waals surface area contributed by atoms with Gasteiger partial charge in [-0.2, -0.15) is 0 Å². The van der Waals surface area contributed by atoms with Crippen LogP contribution in [0, 0.1) is 5.92 Å². The molecule has 108 valence electrons. The molecule has 1 aliphatic heterocycles. The topological polar surface area (TPSA) is 116 Å². The van der Waals surface area contributed by atoms with Crippen molar-refractivity contribution >= 4 is 17.8 Å². The molecule has 2 atom stereocenters. The molecule has 1 aliphatic rings. The minimum Gasteiger partial charge on any atom is -0.480 e. The van der Waals surface area contributed by atoms with E-state index >= 15 is 0 Å². The highest BCUT2D eigenvalue weighted by molar-refractivity contribution is 5.99. The summed E-state index contributed by atoms with van der Waals surface area (Å²) in [5.74, 6) is -2.17. The fourth-order valence-electron chi connectivity index (χ4n) is 2.61. The van der Waals surface area contributed by atoms with E-state index in [2.05, 4.69) is 4.98 Å². The molecule has 0 aromatic carbocycles. The zero-order valence-electron chi connectivity index (χ0n) is 11.1. The number of carboxylic acids is 1. The first kappa shape index (κ1) is 14.1. The van der Waals surface area contributed by atoms with E-state index in [0.717, 1.165) is 12.8 Å². The molecule has 1 aromatic heterocycles. The fourth-order valence-corrected chi connectivity index (χ4v) is 2.61. The number of H-pyrrole nitrogens is 1. The van der Waals surface area contributed by atoms with E-state index in [-0.39, 0.29) is 17.2 Å². The molecule has 20 heavy (non-hydrogen) atoms. The van der Waals surface area contributed by atoms with E-state index in [1.165, 1.54) is 17.2 Å². The number of hydrogen-bond acceptors (Lipinski definition) is 3. The van der Waals surface area contributed by atoms with Crippen molar-refractivity contribution in [3.05, 3.63) is 23.5 Å². The van der Waals surface area contributed by atoms with Gasteiger partial charge in [-0.05, 0) is 24.8 Å². The summed E-state index contributed by atoms with van der Waals surface area (Å²) in [7, 11) is 0. The second-order valence-electron chi connectivity index (χ2n) is 5.07. The summed E-state index contributed by atoms with van der Waals surface area (Å²) in [5, 5.41) is 9.29. The van der Waals surface area contributed by atoms with Gasteiger partial charge >= 0.3 is 5.97 Å². The first-order chi connectivity index (χ1) is 9.41. The standard InChI is InChI=1S/C13H17N3O4/c1-7-3-2-4-16(10(7)13(19)20)12(18)9-5-8(6-15-9)11(14)17/h5-7,10,15H,2-4H2,1H3,(H2,14,17)(H,19,20). The second kappa shape index (κ2) is 5.36. The lowest BCUT2D eigenvalue weighted by molar-refractivity contribution is -0.145. The lowest BCUT2D eigenvalue weighted by Crippen LogP contribution is -2.52. The molecule has 0 spiro atoms. The number of aromatic nitrogens is 1. The number of nitrogens with zero attached hydrogens (tertiary/aromatic N) is 1. The molecule has 1 saturated heterocycles. The normalized spacial score (nSPS) is 22.6. The number of likely N-dealkylation sites (tertiary alicyclic amines) is 1. The van der Waals surface area contributed by atoms with Crippen LogP contribution in [0.5, 0.6) is 0 Å². The fraction of sp³-hybridized carbons (Fsp3) is 0.462. The highest BCUT2D eigenvalue weighted by Crippen LogP contribution is 2.25. The first-order valence-electron chi connectivity index (χ1n) is 6.43. The molecule has 0 saturated carbocycles. The molecular formula is C13H17N3O4. The van der Waals surface area contributed by atoms with Crippen molar-refractivity contribution in [3.63, 3.8) is 0 Å². The molecule has 1 fully saturated rings. The Bertz CT molecular complexity index is 552. The maximum Gasteiger partial charge on any atom is 0.326 e. The van der Waals surface area contributed by atoms with E-state index in [4.69, 9.17) is 5.73 Å². The van der Waals surface area contributed by atoms with Crippen molar-refractivity contribution < 1.29 is 19.5 Å². The van der Waals surface area contributed by atoms with Crippen LogP contribution < -0.4 is 5.73 Å². The number of aromatic amines is 1. The van der Waals surface area contributed by atoms with E-state index in [9.17, 15) is 19.5 Å². The molecule has 7 nitrogen and oxygen atoms in total. The zero-order chi connectivity index (χ0) is 14.9. The predicted molar refractivity (Wildman–Crippen MR) is 70.2 cm³/mol. The van der Waals surface area contributed by atoms with E-state index in [1.807, 2.05) is 6.92 Å². The molecule has 0 radical (unpaired) electrons. The van der Waals surface area contributed by atoms with Crippen molar-refractivity contribution in [3.8, 4) is 0 Å². The Morgan fingerprint density at radius 3 is 2.70 bits per heavy atom. The molecule has 0 aliphatic carbocycles. The van der Waals surface area contributed by atoms with Crippen LogP contribution >= 0.6 is 0 Å². The molecule has 4 N–H and O–H groups in total. The summed E-state index contributed by atoms with van der Waals surface area (Å²) in [5.41, 5.74) is 5.50. The van der Waals surface area contributed by atoms with Gasteiger partial charge in [-0.1, -0.05) is 6.92 Å². The lowest BCUT2D eigenvalue weighted by Gasteiger charge is -2.37. The SMILES string of the molecule is CC1CCCN(C(=O)c2cc(C(N)=O)c[nH]2)C1C(=O)O. The Hall–Kier alpha value is -2.31. The van der Waals surface area contributed by atoms with Gasteiger partial charge < -0.3 is 20.7 Å². The first-order valence-corrected chi connectivity index (χ1v) is 6.43. The van der Waals surface area contributed by atoms with Gasteiger partial charge in [0.15, 0.2) is 0 Å². The Balaban J connectivity index is 2.25. The maximum atomic E-state index is 12.4. The number of nitrogens with two attached hydrogens (primary N) is 1. The number of carbonyl (C=O) groups excluding carboxylic acids is 2. The average molecular weight is 279 g/mol. The lowest BCUT2D eigenvalue weighted by atomic mass is 9.90. The van der Waals surface area contributed by atoms with Crippen molar-refractivity contribution in [2.45, 2.75) is 25.8 Å². The van der Waals surface area contributed by atoms with Crippen LogP contribution in [0.1, 0.15) is 40.6 Å². The number of aliphatic carboxylic acids is 1.